The molecule has 1 fully saturated rings. The molecule has 1 unspecified atom stereocenters. The van der Waals surface area contributed by atoms with Crippen LogP contribution in [0.25, 0.3) is 0 Å². The van der Waals surface area contributed by atoms with E-state index in [2.05, 4.69) is 6.07 Å². The molecule has 0 spiro atoms. The van der Waals surface area contributed by atoms with Gasteiger partial charge in [0.1, 0.15) is 19.3 Å². The summed E-state index contributed by atoms with van der Waals surface area (Å²) in [7, 11) is 0. The van der Waals surface area contributed by atoms with Crippen LogP contribution in [0.5, 0.6) is 11.5 Å². The minimum atomic E-state index is 0.165. The zero-order valence-corrected chi connectivity index (χ0v) is 11.5. The Morgan fingerprint density at radius 3 is 2.62 bits per heavy atom. The van der Waals surface area contributed by atoms with E-state index in [0.29, 0.717) is 30.3 Å². The van der Waals surface area contributed by atoms with Crippen LogP contribution in [-0.4, -0.2) is 19.3 Å². The van der Waals surface area contributed by atoms with Crippen molar-refractivity contribution in [1.29, 1.82) is 5.26 Å². The van der Waals surface area contributed by atoms with Crippen LogP contribution in [0, 0.1) is 11.3 Å². The molecule has 2 aromatic rings. The Labute approximate surface area is 123 Å². The van der Waals surface area contributed by atoms with Gasteiger partial charge in [0.2, 0.25) is 0 Å². The second-order valence-electron chi connectivity index (χ2n) is 4.81. The Morgan fingerprint density at radius 1 is 1.10 bits per heavy atom. The molecule has 21 heavy (non-hydrogen) atoms. The monoisotopic (exact) mass is 281 g/mol. The highest BCUT2D eigenvalue weighted by atomic mass is 16.6. The van der Waals surface area contributed by atoms with Crippen molar-refractivity contribution in [2.75, 3.05) is 13.2 Å². The van der Waals surface area contributed by atoms with Gasteiger partial charge in [0.05, 0.1) is 18.2 Å². The van der Waals surface area contributed by atoms with E-state index in [1.54, 1.807) is 18.2 Å². The number of nitriles is 1. The lowest BCUT2D eigenvalue weighted by Gasteiger charge is -2.12. The van der Waals surface area contributed by atoms with E-state index < -0.39 is 0 Å². The van der Waals surface area contributed by atoms with Gasteiger partial charge in [0.15, 0.2) is 11.5 Å². The van der Waals surface area contributed by atoms with Gasteiger partial charge in [0.25, 0.3) is 0 Å². The molecule has 1 aliphatic heterocycles. The molecule has 0 bridgehead atoms. The summed E-state index contributed by atoms with van der Waals surface area (Å²) in [5, 5.41) is 8.98. The van der Waals surface area contributed by atoms with Crippen molar-refractivity contribution < 1.29 is 14.2 Å². The average molecular weight is 281 g/mol. The predicted octanol–water partition coefficient (Wildman–Crippen LogP) is 2.91. The van der Waals surface area contributed by atoms with E-state index in [4.69, 9.17) is 19.5 Å². The summed E-state index contributed by atoms with van der Waals surface area (Å²) in [6, 6.07) is 17.2. The maximum Gasteiger partial charge on any atom is 0.162 e. The van der Waals surface area contributed by atoms with Crippen LogP contribution in [-0.2, 0) is 11.3 Å². The molecular formula is C17H15NO3. The minimum absolute atomic E-state index is 0.165. The van der Waals surface area contributed by atoms with Crippen molar-refractivity contribution in [2.24, 2.45) is 0 Å². The van der Waals surface area contributed by atoms with Crippen LogP contribution in [0.15, 0.2) is 48.5 Å². The summed E-state index contributed by atoms with van der Waals surface area (Å²) in [6.07, 6.45) is 0.165. The molecule has 4 nitrogen and oxygen atoms in total. The Kier molecular flexibility index (Phi) is 4.04. The first-order valence-corrected chi connectivity index (χ1v) is 6.80. The molecule has 0 aromatic heterocycles. The third-order valence-electron chi connectivity index (χ3n) is 3.14. The standard InChI is InChI=1S/C17H15NO3/c18-9-14-6-7-16(17(8-14)21-12-15-11-19-15)20-10-13-4-2-1-3-5-13/h1-8,15H,10-12H2. The fourth-order valence-corrected chi connectivity index (χ4v) is 1.89. The molecule has 4 heteroatoms. The SMILES string of the molecule is N#Cc1ccc(OCc2ccccc2)c(OCC2CO2)c1. The average Bonchev–Trinajstić information content (AvgIpc) is 3.36. The number of hydrogen-bond acceptors (Lipinski definition) is 4. The third kappa shape index (κ3) is 3.74. The van der Waals surface area contributed by atoms with Gasteiger partial charge in [0, 0.05) is 6.07 Å². The van der Waals surface area contributed by atoms with E-state index in [9.17, 15) is 0 Å². The first kappa shape index (κ1) is 13.5. The molecular weight excluding hydrogens is 266 g/mol. The molecule has 1 heterocycles. The van der Waals surface area contributed by atoms with Crippen molar-refractivity contribution >= 4 is 0 Å². The number of hydrogen-bond donors (Lipinski definition) is 0. The van der Waals surface area contributed by atoms with Gasteiger partial charge in [-0.1, -0.05) is 30.3 Å². The molecule has 0 amide bonds. The number of nitrogens with zero attached hydrogens (tertiary/aromatic N) is 1. The van der Waals surface area contributed by atoms with Gasteiger partial charge in [-0.15, -0.1) is 0 Å². The first-order chi connectivity index (χ1) is 10.3. The summed E-state index contributed by atoms with van der Waals surface area (Å²) in [5.74, 6) is 1.22. The zero-order valence-electron chi connectivity index (χ0n) is 11.5. The molecule has 0 N–H and O–H groups in total. The van der Waals surface area contributed by atoms with Crippen LogP contribution in [0.3, 0.4) is 0 Å². The fraction of sp³-hybridized carbons (Fsp3) is 0.235. The van der Waals surface area contributed by atoms with Crippen LogP contribution < -0.4 is 9.47 Å². The van der Waals surface area contributed by atoms with Crippen LogP contribution in [0.4, 0.5) is 0 Å². The van der Waals surface area contributed by atoms with Crippen molar-refractivity contribution in [1.82, 2.24) is 0 Å². The second kappa shape index (κ2) is 6.29. The van der Waals surface area contributed by atoms with Gasteiger partial charge in [-0.25, -0.2) is 0 Å². The Balaban J connectivity index is 1.71. The minimum Gasteiger partial charge on any atom is -0.487 e. The number of epoxide rings is 1. The number of rotatable bonds is 6. The first-order valence-electron chi connectivity index (χ1n) is 6.80. The van der Waals surface area contributed by atoms with Crippen LogP contribution in [0.2, 0.25) is 0 Å². The molecule has 0 saturated carbocycles. The highest BCUT2D eigenvalue weighted by Gasteiger charge is 2.23. The predicted molar refractivity (Wildman–Crippen MR) is 77.2 cm³/mol. The van der Waals surface area contributed by atoms with E-state index in [1.165, 1.54) is 0 Å². The van der Waals surface area contributed by atoms with E-state index in [1.807, 2.05) is 30.3 Å². The van der Waals surface area contributed by atoms with Crippen molar-refractivity contribution in [3.8, 4) is 17.6 Å². The van der Waals surface area contributed by atoms with Crippen molar-refractivity contribution in [2.45, 2.75) is 12.7 Å². The van der Waals surface area contributed by atoms with Gasteiger partial charge in [-0.05, 0) is 17.7 Å². The molecule has 0 aliphatic carbocycles. The second-order valence-corrected chi connectivity index (χ2v) is 4.81. The third-order valence-corrected chi connectivity index (χ3v) is 3.14. The maximum absolute atomic E-state index is 8.98. The van der Waals surface area contributed by atoms with Crippen LogP contribution >= 0.6 is 0 Å². The van der Waals surface area contributed by atoms with E-state index in [0.717, 1.165) is 12.2 Å². The van der Waals surface area contributed by atoms with Crippen molar-refractivity contribution in [3.63, 3.8) is 0 Å². The number of ether oxygens (including phenoxy) is 3. The van der Waals surface area contributed by atoms with Crippen LogP contribution in [0.1, 0.15) is 11.1 Å². The summed E-state index contributed by atoms with van der Waals surface area (Å²) < 4.78 is 16.6. The zero-order chi connectivity index (χ0) is 14.5. The largest absolute Gasteiger partial charge is 0.487 e. The smallest absolute Gasteiger partial charge is 0.162 e. The molecule has 1 saturated heterocycles. The highest BCUT2D eigenvalue weighted by molar-refractivity contribution is 5.46. The molecule has 3 rings (SSSR count). The van der Waals surface area contributed by atoms with Gasteiger partial charge in [-0.2, -0.15) is 5.26 Å². The fourth-order valence-electron chi connectivity index (χ4n) is 1.89. The van der Waals surface area contributed by atoms with Crippen molar-refractivity contribution in [3.05, 3.63) is 59.7 Å². The lowest BCUT2D eigenvalue weighted by Crippen LogP contribution is -2.06. The summed E-state index contributed by atoms with van der Waals surface area (Å²) in [6.45, 7) is 1.68. The lowest BCUT2D eigenvalue weighted by atomic mass is 10.2. The Morgan fingerprint density at radius 2 is 1.90 bits per heavy atom. The molecule has 2 aromatic carbocycles. The molecule has 106 valence electrons. The topological polar surface area (TPSA) is 54.8 Å². The summed E-state index contributed by atoms with van der Waals surface area (Å²) in [4.78, 5) is 0. The highest BCUT2D eigenvalue weighted by Crippen LogP contribution is 2.30. The van der Waals surface area contributed by atoms with E-state index in [-0.39, 0.29) is 6.10 Å². The Hall–Kier alpha value is -2.51. The quantitative estimate of drug-likeness (QED) is 0.764. The lowest BCUT2D eigenvalue weighted by molar-refractivity contribution is 0.238. The van der Waals surface area contributed by atoms with Gasteiger partial charge < -0.3 is 14.2 Å². The van der Waals surface area contributed by atoms with E-state index >= 15 is 0 Å². The summed E-state index contributed by atoms with van der Waals surface area (Å²) >= 11 is 0. The maximum atomic E-state index is 8.98. The molecule has 1 atom stereocenters. The molecule has 0 radical (unpaired) electrons. The Bertz CT molecular complexity index is 645. The normalized spacial score (nSPS) is 16.0. The van der Waals surface area contributed by atoms with Gasteiger partial charge >= 0.3 is 0 Å². The summed E-state index contributed by atoms with van der Waals surface area (Å²) in [5.41, 5.74) is 1.63. The molecule has 1 aliphatic rings. The van der Waals surface area contributed by atoms with Gasteiger partial charge in [-0.3, -0.25) is 0 Å². The number of benzene rings is 2.